The van der Waals surface area contributed by atoms with Gasteiger partial charge in [0.1, 0.15) is 16.9 Å². The number of carbonyl (C=O) groups excluding carboxylic acids is 1. The highest BCUT2D eigenvalue weighted by Crippen LogP contribution is 2.29. The molecule has 26 heavy (non-hydrogen) atoms. The van der Waals surface area contributed by atoms with Crippen molar-refractivity contribution in [3.05, 3.63) is 71.0 Å². The van der Waals surface area contributed by atoms with Gasteiger partial charge in [0.25, 0.3) is 0 Å². The first-order valence-electron chi connectivity index (χ1n) is 9.09. The Morgan fingerprint density at radius 3 is 2.50 bits per heavy atom. The van der Waals surface area contributed by atoms with Crippen LogP contribution in [0.2, 0.25) is 0 Å². The van der Waals surface area contributed by atoms with Crippen LogP contribution < -0.4 is 5.73 Å². The SMILES string of the molecule is CC.CCOC(=O)c1c(C)oc2ccc(C(N)Cc3ccccc3)cc12. The van der Waals surface area contributed by atoms with E-state index in [0.717, 1.165) is 17.4 Å². The van der Waals surface area contributed by atoms with Gasteiger partial charge in [0.15, 0.2) is 0 Å². The van der Waals surface area contributed by atoms with Gasteiger partial charge in [-0.1, -0.05) is 50.2 Å². The molecule has 0 radical (unpaired) electrons. The minimum atomic E-state index is -0.359. The van der Waals surface area contributed by atoms with Gasteiger partial charge in [-0.25, -0.2) is 4.79 Å². The number of nitrogens with two attached hydrogens (primary N) is 1. The molecule has 1 unspecified atom stereocenters. The Morgan fingerprint density at radius 2 is 1.85 bits per heavy atom. The van der Waals surface area contributed by atoms with E-state index in [1.807, 2.05) is 50.2 Å². The predicted molar refractivity (Wildman–Crippen MR) is 105 cm³/mol. The maximum atomic E-state index is 12.2. The van der Waals surface area contributed by atoms with Crippen LogP contribution in [0.5, 0.6) is 0 Å². The van der Waals surface area contributed by atoms with E-state index in [9.17, 15) is 4.79 Å². The Labute approximate surface area is 155 Å². The number of aryl methyl sites for hydroxylation is 1. The maximum Gasteiger partial charge on any atom is 0.342 e. The molecule has 0 aliphatic carbocycles. The normalized spacial score (nSPS) is 11.6. The van der Waals surface area contributed by atoms with E-state index in [1.54, 1.807) is 13.8 Å². The Kier molecular flexibility index (Phi) is 6.98. The fraction of sp³-hybridized carbons (Fsp3) is 0.318. The molecule has 0 amide bonds. The molecule has 0 saturated carbocycles. The van der Waals surface area contributed by atoms with Gasteiger partial charge in [0.05, 0.1) is 6.61 Å². The monoisotopic (exact) mass is 353 g/mol. The summed E-state index contributed by atoms with van der Waals surface area (Å²) < 4.78 is 10.8. The summed E-state index contributed by atoms with van der Waals surface area (Å²) in [7, 11) is 0. The summed E-state index contributed by atoms with van der Waals surface area (Å²) in [4.78, 5) is 12.2. The molecule has 4 heteroatoms. The van der Waals surface area contributed by atoms with Crippen molar-refractivity contribution >= 4 is 16.9 Å². The summed E-state index contributed by atoms with van der Waals surface area (Å²) >= 11 is 0. The Morgan fingerprint density at radius 1 is 1.15 bits per heavy atom. The summed E-state index contributed by atoms with van der Waals surface area (Å²) in [6.07, 6.45) is 0.734. The second-order valence-corrected chi connectivity index (χ2v) is 5.81. The lowest BCUT2D eigenvalue weighted by atomic mass is 9.98. The zero-order valence-corrected chi connectivity index (χ0v) is 15.9. The highest BCUT2D eigenvalue weighted by Gasteiger charge is 2.20. The van der Waals surface area contributed by atoms with Crippen LogP contribution in [0.1, 0.15) is 54.1 Å². The van der Waals surface area contributed by atoms with Gasteiger partial charge in [-0.2, -0.15) is 0 Å². The summed E-state index contributed by atoms with van der Waals surface area (Å²) in [5.74, 6) is 0.208. The van der Waals surface area contributed by atoms with E-state index in [2.05, 4.69) is 12.1 Å². The van der Waals surface area contributed by atoms with Crippen molar-refractivity contribution < 1.29 is 13.9 Å². The zero-order valence-electron chi connectivity index (χ0n) is 15.9. The van der Waals surface area contributed by atoms with Crippen LogP contribution in [0, 0.1) is 6.92 Å². The number of hydrogen-bond donors (Lipinski definition) is 1. The van der Waals surface area contributed by atoms with Gasteiger partial charge >= 0.3 is 5.97 Å². The molecule has 1 aromatic heterocycles. The van der Waals surface area contributed by atoms with Gasteiger partial charge in [-0.05, 0) is 43.5 Å². The van der Waals surface area contributed by atoms with Crippen LogP contribution in [0.4, 0.5) is 0 Å². The molecule has 0 bridgehead atoms. The van der Waals surface area contributed by atoms with Crippen molar-refractivity contribution in [2.24, 2.45) is 5.73 Å². The number of furan rings is 1. The summed E-state index contributed by atoms with van der Waals surface area (Å²) in [6, 6.07) is 15.7. The summed E-state index contributed by atoms with van der Waals surface area (Å²) in [6.45, 7) is 7.89. The molecule has 4 nitrogen and oxygen atoms in total. The fourth-order valence-electron chi connectivity index (χ4n) is 2.91. The number of rotatable bonds is 5. The largest absolute Gasteiger partial charge is 0.462 e. The van der Waals surface area contributed by atoms with Crippen molar-refractivity contribution in [1.29, 1.82) is 0 Å². The number of carbonyl (C=O) groups is 1. The van der Waals surface area contributed by atoms with Crippen molar-refractivity contribution in [2.75, 3.05) is 6.61 Å². The average molecular weight is 353 g/mol. The quantitative estimate of drug-likeness (QED) is 0.641. The van der Waals surface area contributed by atoms with Crippen LogP contribution in [0.15, 0.2) is 52.9 Å². The smallest absolute Gasteiger partial charge is 0.342 e. The van der Waals surface area contributed by atoms with Crippen LogP contribution in [0.3, 0.4) is 0 Å². The van der Waals surface area contributed by atoms with Gasteiger partial charge < -0.3 is 14.9 Å². The molecular formula is C22H27NO3. The third-order valence-electron chi connectivity index (χ3n) is 4.09. The second kappa shape index (κ2) is 9.20. The van der Waals surface area contributed by atoms with E-state index in [1.165, 1.54) is 5.56 Å². The maximum absolute atomic E-state index is 12.2. The standard InChI is InChI=1S/C20H21NO3.C2H6/c1-3-23-20(22)19-13(2)24-18-10-9-15(12-16(18)19)17(21)11-14-7-5-4-6-8-14;1-2/h4-10,12,17H,3,11,21H2,1-2H3;1-2H3. The van der Waals surface area contributed by atoms with E-state index >= 15 is 0 Å². The zero-order chi connectivity index (χ0) is 19.1. The Bertz CT molecular complexity index is 852. The van der Waals surface area contributed by atoms with Crippen LogP contribution in [-0.4, -0.2) is 12.6 Å². The fourth-order valence-corrected chi connectivity index (χ4v) is 2.91. The van der Waals surface area contributed by atoms with E-state index in [-0.39, 0.29) is 12.0 Å². The minimum Gasteiger partial charge on any atom is -0.462 e. The number of ether oxygens (including phenoxy) is 1. The minimum absolute atomic E-state index is 0.151. The highest BCUT2D eigenvalue weighted by molar-refractivity contribution is 6.04. The van der Waals surface area contributed by atoms with E-state index in [0.29, 0.717) is 23.5 Å². The molecule has 0 spiro atoms. The lowest BCUT2D eigenvalue weighted by Gasteiger charge is -2.12. The van der Waals surface area contributed by atoms with Gasteiger partial charge in [-0.3, -0.25) is 0 Å². The summed E-state index contributed by atoms with van der Waals surface area (Å²) in [5, 5.41) is 0.756. The van der Waals surface area contributed by atoms with Gasteiger partial charge in [0, 0.05) is 11.4 Å². The van der Waals surface area contributed by atoms with Crippen molar-refractivity contribution in [3.63, 3.8) is 0 Å². The summed E-state index contributed by atoms with van der Waals surface area (Å²) in [5.41, 5.74) is 9.67. The number of fused-ring (bicyclic) bond motifs is 1. The first kappa shape index (κ1) is 19.7. The number of hydrogen-bond acceptors (Lipinski definition) is 4. The molecule has 1 heterocycles. The lowest BCUT2D eigenvalue weighted by Crippen LogP contribution is -2.13. The molecule has 0 aliphatic rings. The molecule has 138 valence electrons. The molecule has 2 aromatic carbocycles. The topological polar surface area (TPSA) is 65.5 Å². The highest BCUT2D eigenvalue weighted by atomic mass is 16.5. The lowest BCUT2D eigenvalue weighted by molar-refractivity contribution is 0.0526. The third-order valence-corrected chi connectivity index (χ3v) is 4.09. The molecule has 1 atom stereocenters. The van der Waals surface area contributed by atoms with Gasteiger partial charge in [-0.15, -0.1) is 0 Å². The van der Waals surface area contributed by atoms with Gasteiger partial charge in [0.2, 0.25) is 0 Å². The van der Waals surface area contributed by atoms with Crippen LogP contribution in [0.25, 0.3) is 11.0 Å². The molecule has 2 N–H and O–H groups in total. The Balaban J connectivity index is 0.00000117. The first-order valence-corrected chi connectivity index (χ1v) is 9.09. The molecular weight excluding hydrogens is 326 g/mol. The van der Waals surface area contributed by atoms with Crippen molar-refractivity contribution in [3.8, 4) is 0 Å². The van der Waals surface area contributed by atoms with Crippen molar-refractivity contribution in [1.82, 2.24) is 0 Å². The van der Waals surface area contributed by atoms with Crippen molar-refractivity contribution in [2.45, 2.75) is 40.2 Å². The van der Waals surface area contributed by atoms with Crippen LogP contribution in [-0.2, 0) is 11.2 Å². The average Bonchev–Trinajstić information content (AvgIpc) is 2.99. The second-order valence-electron chi connectivity index (χ2n) is 5.81. The number of esters is 1. The molecule has 3 rings (SSSR count). The predicted octanol–water partition coefficient (Wildman–Crippen LogP) is 5.19. The molecule has 0 fully saturated rings. The number of benzene rings is 2. The molecule has 0 aliphatic heterocycles. The van der Waals surface area contributed by atoms with Crippen LogP contribution >= 0.6 is 0 Å². The van der Waals surface area contributed by atoms with E-state index in [4.69, 9.17) is 14.9 Å². The Hall–Kier alpha value is -2.59. The third kappa shape index (κ3) is 4.33. The molecule has 3 aromatic rings. The molecule has 0 saturated heterocycles. The first-order chi connectivity index (χ1) is 12.6. The van der Waals surface area contributed by atoms with E-state index < -0.39 is 0 Å².